The number of carboxylic acids is 1. The zero-order valence-corrected chi connectivity index (χ0v) is 12.6. The fraction of sp³-hybridized carbons (Fsp3) is 0.462. The van der Waals surface area contributed by atoms with Gasteiger partial charge >= 0.3 is 5.97 Å². The summed E-state index contributed by atoms with van der Waals surface area (Å²) in [5.74, 6) is -2.26. The molecule has 21 heavy (non-hydrogen) atoms. The monoisotopic (exact) mass is 319 g/mol. The van der Waals surface area contributed by atoms with E-state index in [9.17, 15) is 17.6 Å². The van der Waals surface area contributed by atoms with Crippen molar-refractivity contribution < 1.29 is 27.4 Å². The number of carboxylic acid groups (broad SMARTS) is 1. The summed E-state index contributed by atoms with van der Waals surface area (Å²) in [6, 6.07) is 3.35. The van der Waals surface area contributed by atoms with E-state index in [0.29, 0.717) is 12.8 Å². The summed E-state index contributed by atoms with van der Waals surface area (Å²) < 4.78 is 44.4. The van der Waals surface area contributed by atoms with Crippen LogP contribution in [0, 0.1) is 11.7 Å². The third kappa shape index (κ3) is 4.98. The van der Waals surface area contributed by atoms with E-state index in [1.807, 2.05) is 0 Å². The van der Waals surface area contributed by atoms with Crippen LogP contribution >= 0.6 is 0 Å². The molecule has 0 amide bonds. The van der Waals surface area contributed by atoms with Gasteiger partial charge in [-0.25, -0.2) is 17.5 Å². The van der Waals surface area contributed by atoms with E-state index < -0.39 is 27.7 Å². The Morgan fingerprint density at radius 3 is 2.67 bits per heavy atom. The summed E-state index contributed by atoms with van der Waals surface area (Å²) in [5, 5.41) is 8.71. The van der Waals surface area contributed by atoms with E-state index in [-0.39, 0.29) is 17.2 Å². The molecule has 118 valence electrons. The van der Waals surface area contributed by atoms with Gasteiger partial charge < -0.3 is 9.84 Å². The van der Waals surface area contributed by atoms with Crippen LogP contribution in [0.5, 0.6) is 5.75 Å². The maximum absolute atomic E-state index is 13.5. The molecule has 1 atom stereocenters. The van der Waals surface area contributed by atoms with Crippen LogP contribution in [0.2, 0.25) is 0 Å². The minimum atomic E-state index is -3.82. The Morgan fingerprint density at radius 1 is 1.48 bits per heavy atom. The van der Waals surface area contributed by atoms with Gasteiger partial charge in [-0.1, -0.05) is 6.92 Å². The van der Waals surface area contributed by atoms with Crippen molar-refractivity contribution in [2.75, 3.05) is 13.7 Å². The lowest BCUT2D eigenvalue weighted by Gasteiger charge is -2.09. The second-order valence-electron chi connectivity index (χ2n) is 4.58. The highest BCUT2D eigenvalue weighted by Gasteiger charge is 2.17. The number of methoxy groups -OCH3 is 1. The third-order valence-corrected chi connectivity index (χ3v) is 4.42. The predicted molar refractivity (Wildman–Crippen MR) is 74.2 cm³/mol. The second-order valence-corrected chi connectivity index (χ2v) is 6.34. The Bertz CT molecular complexity index is 603. The van der Waals surface area contributed by atoms with Crippen LogP contribution in [-0.2, 0) is 14.8 Å². The largest absolute Gasteiger partial charge is 0.494 e. The van der Waals surface area contributed by atoms with Gasteiger partial charge in [-0.05, 0) is 31.0 Å². The molecule has 8 heteroatoms. The number of hydrogen-bond acceptors (Lipinski definition) is 4. The normalized spacial score (nSPS) is 12.9. The molecule has 1 aromatic carbocycles. The summed E-state index contributed by atoms with van der Waals surface area (Å²) >= 11 is 0. The molecule has 0 fully saturated rings. The zero-order valence-electron chi connectivity index (χ0n) is 11.8. The molecule has 1 unspecified atom stereocenters. The Balaban J connectivity index is 2.62. The SMILES string of the molecule is COc1ccc(S(=O)(=O)NCCCC(C)C(=O)O)cc1F. The molecule has 0 spiro atoms. The van der Waals surface area contributed by atoms with Crippen LogP contribution in [0.3, 0.4) is 0 Å². The molecule has 6 nitrogen and oxygen atoms in total. The van der Waals surface area contributed by atoms with Crippen LogP contribution in [0.4, 0.5) is 4.39 Å². The van der Waals surface area contributed by atoms with E-state index in [4.69, 9.17) is 9.84 Å². The van der Waals surface area contributed by atoms with Crippen molar-refractivity contribution in [1.82, 2.24) is 4.72 Å². The standard InChI is InChI=1S/C13H18FNO5S/c1-9(13(16)17)4-3-7-15-21(18,19)10-5-6-12(20-2)11(14)8-10/h5-6,8-9,15H,3-4,7H2,1-2H3,(H,16,17). The van der Waals surface area contributed by atoms with Crippen molar-refractivity contribution in [1.29, 1.82) is 0 Å². The highest BCUT2D eigenvalue weighted by molar-refractivity contribution is 7.89. The van der Waals surface area contributed by atoms with Gasteiger partial charge in [-0.15, -0.1) is 0 Å². The number of hydrogen-bond donors (Lipinski definition) is 2. The first-order chi connectivity index (χ1) is 9.77. The highest BCUT2D eigenvalue weighted by Crippen LogP contribution is 2.20. The third-order valence-electron chi connectivity index (χ3n) is 2.96. The first-order valence-corrected chi connectivity index (χ1v) is 7.82. The summed E-state index contributed by atoms with van der Waals surface area (Å²) in [6.45, 7) is 1.64. The first kappa shape index (κ1) is 17.4. The van der Waals surface area contributed by atoms with Gasteiger partial charge in [0, 0.05) is 6.54 Å². The molecule has 1 aromatic rings. The molecule has 0 aliphatic rings. The van der Waals surface area contributed by atoms with Crippen LogP contribution in [0.1, 0.15) is 19.8 Å². The summed E-state index contributed by atoms with van der Waals surface area (Å²) in [4.78, 5) is 10.4. The highest BCUT2D eigenvalue weighted by atomic mass is 32.2. The molecule has 0 heterocycles. The van der Waals surface area contributed by atoms with E-state index in [2.05, 4.69) is 4.72 Å². The summed E-state index contributed by atoms with van der Waals surface area (Å²) in [6.07, 6.45) is 0.736. The second kappa shape index (κ2) is 7.37. The molecule has 0 bridgehead atoms. The molecular formula is C13H18FNO5S. The van der Waals surface area contributed by atoms with Gasteiger partial charge in [-0.2, -0.15) is 0 Å². The topological polar surface area (TPSA) is 92.7 Å². The zero-order chi connectivity index (χ0) is 16.0. The van der Waals surface area contributed by atoms with Crippen molar-refractivity contribution >= 4 is 16.0 Å². The lowest BCUT2D eigenvalue weighted by molar-refractivity contribution is -0.141. The van der Waals surface area contributed by atoms with Crippen molar-refractivity contribution in [2.24, 2.45) is 5.92 Å². The van der Waals surface area contributed by atoms with E-state index in [1.54, 1.807) is 6.92 Å². The van der Waals surface area contributed by atoms with Crippen molar-refractivity contribution in [3.05, 3.63) is 24.0 Å². The van der Waals surface area contributed by atoms with Crippen LogP contribution in [-0.4, -0.2) is 33.1 Å². The van der Waals surface area contributed by atoms with Gasteiger partial charge in [0.1, 0.15) is 0 Å². The number of benzene rings is 1. The molecule has 0 radical (unpaired) electrons. The molecule has 0 saturated carbocycles. The number of carbonyl (C=O) groups is 1. The maximum atomic E-state index is 13.5. The molecule has 0 aliphatic heterocycles. The fourth-order valence-corrected chi connectivity index (χ4v) is 2.72. The first-order valence-electron chi connectivity index (χ1n) is 6.34. The molecule has 0 saturated heterocycles. The summed E-state index contributed by atoms with van der Waals surface area (Å²) in [7, 11) is -2.53. The number of aliphatic carboxylic acids is 1. The number of nitrogens with one attached hydrogen (secondary N) is 1. The van der Waals surface area contributed by atoms with E-state index >= 15 is 0 Å². The van der Waals surface area contributed by atoms with Gasteiger partial charge in [0.25, 0.3) is 0 Å². The number of rotatable bonds is 8. The Labute approximate surface area is 123 Å². The van der Waals surface area contributed by atoms with Gasteiger partial charge in [0.05, 0.1) is 17.9 Å². The Kier molecular flexibility index (Phi) is 6.10. The quantitative estimate of drug-likeness (QED) is 0.710. The van der Waals surface area contributed by atoms with Crippen molar-refractivity contribution in [2.45, 2.75) is 24.7 Å². The Hall–Kier alpha value is -1.67. The van der Waals surface area contributed by atoms with Crippen molar-refractivity contribution in [3.8, 4) is 5.75 Å². The minimum absolute atomic E-state index is 0.0377. The lowest BCUT2D eigenvalue weighted by Crippen LogP contribution is -2.25. The summed E-state index contributed by atoms with van der Waals surface area (Å²) in [5.41, 5.74) is 0. The smallest absolute Gasteiger partial charge is 0.306 e. The maximum Gasteiger partial charge on any atom is 0.306 e. The van der Waals surface area contributed by atoms with Crippen LogP contribution in [0.25, 0.3) is 0 Å². The van der Waals surface area contributed by atoms with Crippen LogP contribution < -0.4 is 9.46 Å². The van der Waals surface area contributed by atoms with Crippen LogP contribution in [0.15, 0.2) is 23.1 Å². The van der Waals surface area contributed by atoms with Gasteiger partial charge in [-0.3, -0.25) is 4.79 Å². The van der Waals surface area contributed by atoms with E-state index in [0.717, 1.165) is 6.07 Å². The average molecular weight is 319 g/mol. The molecule has 0 aromatic heterocycles. The van der Waals surface area contributed by atoms with E-state index in [1.165, 1.54) is 19.2 Å². The fourth-order valence-electron chi connectivity index (χ4n) is 1.64. The number of ether oxygens (including phenoxy) is 1. The molecule has 1 rings (SSSR count). The lowest BCUT2D eigenvalue weighted by atomic mass is 10.1. The van der Waals surface area contributed by atoms with Crippen molar-refractivity contribution in [3.63, 3.8) is 0 Å². The molecule has 0 aliphatic carbocycles. The Morgan fingerprint density at radius 2 is 2.14 bits per heavy atom. The predicted octanol–water partition coefficient (Wildman–Crippen LogP) is 1.61. The average Bonchev–Trinajstić information content (AvgIpc) is 2.43. The molecule has 2 N–H and O–H groups in total. The van der Waals surface area contributed by atoms with Gasteiger partial charge in [0.15, 0.2) is 11.6 Å². The van der Waals surface area contributed by atoms with Gasteiger partial charge in [0.2, 0.25) is 10.0 Å². The number of halogens is 1. The molecular weight excluding hydrogens is 301 g/mol. The number of sulfonamides is 1. The minimum Gasteiger partial charge on any atom is -0.494 e.